The van der Waals surface area contributed by atoms with Crippen molar-refractivity contribution >= 4 is 5.97 Å². The summed E-state index contributed by atoms with van der Waals surface area (Å²) in [6, 6.07) is 5.87. The van der Waals surface area contributed by atoms with Crippen LogP contribution in [0.3, 0.4) is 0 Å². The van der Waals surface area contributed by atoms with E-state index in [4.69, 9.17) is 15.7 Å². The fraction of sp³-hybridized carbons (Fsp3) is 0.222. The average molecular weight is 196 g/mol. The Bertz CT molecular complexity index is 328. The summed E-state index contributed by atoms with van der Waals surface area (Å²) in [6.07, 6.45) is 0. The molecule has 1 atom stereocenters. The number of carboxylic acids is 1. The van der Waals surface area contributed by atoms with E-state index in [1.165, 1.54) is 7.11 Å². The van der Waals surface area contributed by atoms with E-state index in [0.717, 1.165) is 0 Å². The van der Waals surface area contributed by atoms with Gasteiger partial charge in [0.25, 0.3) is 0 Å². The molecule has 1 aromatic rings. The number of benzene rings is 1. The van der Waals surface area contributed by atoms with Gasteiger partial charge in [-0.1, -0.05) is 18.2 Å². The number of hydrogen-bond acceptors (Lipinski definition) is 4. The van der Waals surface area contributed by atoms with Gasteiger partial charge >= 0.3 is 5.97 Å². The van der Waals surface area contributed by atoms with Gasteiger partial charge in [0, 0.05) is 5.56 Å². The highest BCUT2D eigenvalue weighted by Crippen LogP contribution is 2.24. The summed E-state index contributed by atoms with van der Waals surface area (Å²) >= 11 is 0. The van der Waals surface area contributed by atoms with Gasteiger partial charge in [-0.25, -0.2) is 5.43 Å². The number of nitrogens with one attached hydrogen (secondary N) is 1. The molecule has 1 rings (SSSR count). The van der Waals surface area contributed by atoms with Crippen LogP contribution in [0.2, 0.25) is 0 Å². The van der Waals surface area contributed by atoms with Crippen molar-refractivity contribution in [3.05, 3.63) is 29.8 Å². The van der Waals surface area contributed by atoms with E-state index >= 15 is 0 Å². The Morgan fingerprint density at radius 2 is 2.21 bits per heavy atom. The van der Waals surface area contributed by atoms with Crippen molar-refractivity contribution in [2.24, 2.45) is 5.84 Å². The van der Waals surface area contributed by atoms with Crippen molar-refractivity contribution in [2.45, 2.75) is 6.04 Å². The molecule has 0 spiro atoms. The van der Waals surface area contributed by atoms with Gasteiger partial charge in [0.15, 0.2) is 0 Å². The molecule has 5 heteroatoms. The molecule has 0 heterocycles. The first-order valence-corrected chi connectivity index (χ1v) is 4.02. The van der Waals surface area contributed by atoms with Crippen molar-refractivity contribution in [3.63, 3.8) is 0 Å². The third-order valence-electron chi connectivity index (χ3n) is 1.86. The molecule has 1 aromatic carbocycles. The Hall–Kier alpha value is -1.59. The molecule has 4 N–H and O–H groups in total. The number of carbonyl (C=O) groups is 1. The minimum Gasteiger partial charge on any atom is -0.496 e. The van der Waals surface area contributed by atoms with Gasteiger partial charge in [0.2, 0.25) is 0 Å². The molecule has 0 aliphatic carbocycles. The maximum atomic E-state index is 10.8. The third-order valence-corrected chi connectivity index (χ3v) is 1.86. The number of hydrogen-bond donors (Lipinski definition) is 3. The van der Waals surface area contributed by atoms with E-state index in [1.54, 1.807) is 24.3 Å². The van der Waals surface area contributed by atoms with Crippen LogP contribution in [-0.4, -0.2) is 18.2 Å². The summed E-state index contributed by atoms with van der Waals surface area (Å²) < 4.78 is 5.02. The Morgan fingerprint density at radius 3 is 2.71 bits per heavy atom. The van der Waals surface area contributed by atoms with Crippen LogP contribution in [0.5, 0.6) is 5.75 Å². The summed E-state index contributed by atoms with van der Waals surface area (Å²) in [6.45, 7) is 0. The smallest absolute Gasteiger partial charge is 0.326 e. The zero-order chi connectivity index (χ0) is 10.6. The molecule has 0 aliphatic rings. The molecule has 76 valence electrons. The maximum absolute atomic E-state index is 10.8. The van der Waals surface area contributed by atoms with Crippen molar-refractivity contribution in [1.82, 2.24) is 5.43 Å². The summed E-state index contributed by atoms with van der Waals surface area (Å²) in [4.78, 5) is 10.8. The van der Waals surface area contributed by atoms with E-state index < -0.39 is 12.0 Å². The molecular weight excluding hydrogens is 184 g/mol. The van der Waals surface area contributed by atoms with Crippen molar-refractivity contribution in [2.75, 3.05) is 7.11 Å². The molecule has 0 aliphatic heterocycles. The first-order chi connectivity index (χ1) is 6.70. The van der Waals surface area contributed by atoms with E-state index in [0.29, 0.717) is 11.3 Å². The van der Waals surface area contributed by atoms with Crippen molar-refractivity contribution in [1.29, 1.82) is 0 Å². The predicted octanol–water partition coefficient (Wildman–Crippen LogP) is 0.284. The van der Waals surface area contributed by atoms with Crippen LogP contribution in [0.1, 0.15) is 11.6 Å². The lowest BCUT2D eigenvalue weighted by Gasteiger charge is -2.14. The van der Waals surface area contributed by atoms with E-state index in [-0.39, 0.29) is 0 Å². The van der Waals surface area contributed by atoms with Crippen LogP contribution in [0.15, 0.2) is 24.3 Å². The lowest BCUT2D eigenvalue weighted by atomic mass is 10.1. The highest BCUT2D eigenvalue weighted by Gasteiger charge is 2.21. The number of hydrazine groups is 1. The van der Waals surface area contributed by atoms with E-state index in [9.17, 15) is 4.79 Å². The second kappa shape index (κ2) is 4.59. The number of para-hydroxylation sites is 1. The van der Waals surface area contributed by atoms with Crippen LogP contribution in [0, 0.1) is 0 Å². The molecule has 5 nitrogen and oxygen atoms in total. The van der Waals surface area contributed by atoms with Crippen LogP contribution in [-0.2, 0) is 4.79 Å². The van der Waals surface area contributed by atoms with Gasteiger partial charge in [-0.05, 0) is 6.07 Å². The summed E-state index contributed by atoms with van der Waals surface area (Å²) in [5.74, 6) is 4.60. The summed E-state index contributed by atoms with van der Waals surface area (Å²) in [7, 11) is 1.48. The molecule has 0 fully saturated rings. The fourth-order valence-corrected chi connectivity index (χ4v) is 1.20. The van der Waals surface area contributed by atoms with E-state index in [2.05, 4.69) is 5.43 Å². The zero-order valence-corrected chi connectivity index (χ0v) is 7.73. The Labute approximate surface area is 81.5 Å². The molecule has 0 bridgehead atoms. The topological polar surface area (TPSA) is 84.6 Å². The van der Waals surface area contributed by atoms with Gasteiger partial charge in [0.05, 0.1) is 7.11 Å². The minimum atomic E-state index is -1.04. The van der Waals surface area contributed by atoms with Gasteiger partial charge < -0.3 is 9.84 Å². The average Bonchev–Trinajstić information content (AvgIpc) is 2.19. The Kier molecular flexibility index (Phi) is 3.44. The fourth-order valence-electron chi connectivity index (χ4n) is 1.20. The molecule has 0 amide bonds. The lowest BCUT2D eigenvalue weighted by molar-refractivity contribution is -0.139. The molecular formula is C9H12N2O3. The lowest BCUT2D eigenvalue weighted by Crippen LogP contribution is -2.33. The Balaban J connectivity index is 3.08. The quantitative estimate of drug-likeness (QED) is 0.476. The number of ether oxygens (including phenoxy) is 1. The normalized spacial score (nSPS) is 12.1. The predicted molar refractivity (Wildman–Crippen MR) is 50.7 cm³/mol. The second-order valence-corrected chi connectivity index (χ2v) is 2.68. The molecule has 0 aromatic heterocycles. The number of nitrogens with two attached hydrogens (primary N) is 1. The van der Waals surface area contributed by atoms with Crippen molar-refractivity contribution in [3.8, 4) is 5.75 Å². The number of aliphatic carboxylic acids is 1. The largest absolute Gasteiger partial charge is 0.496 e. The molecule has 0 saturated carbocycles. The van der Waals surface area contributed by atoms with E-state index in [1.807, 2.05) is 0 Å². The van der Waals surface area contributed by atoms with Gasteiger partial charge in [0.1, 0.15) is 11.8 Å². The number of methoxy groups -OCH3 is 1. The van der Waals surface area contributed by atoms with Gasteiger partial charge in [-0.3, -0.25) is 10.6 Å². The third kappa shape index (κ3) is 2.01. The standard InChI is InChI=1S/C9H12N2O3/c1-14-7-5-3-2-4-6(7)8(11-10)9(12)13/h2-5,8,11H,10H2,1H3,(H,12,13). The minimum absolute atomic E-state index is 0.498. The zero-order valence-electron chi connectivity index (χ0n) is 7.73. The van der Waals surface area contributed by atoms with Gasteiger partial charge in [-0.2, -0.15) is 0 Å². The highest BCUT2D eigenvalue weighted by atomic mass is 16.5. The molecule has 1 unspecified atom stereocenters. The van der Waals surface area contributed by atoms with Crippen LogP contribution >= 0.6 is 0 Å². The number of carboxylic acid groups (broad SMARTS) is 1. The molecule has 0 saturated heterocycles. The SMILES string of the molecule is COc1ccccc1C(NN)C(=O)O. The molecule has 0 radical (unpaired) electrons. The first-order valence-electron chi connectivity index (χ1n) is 4.02. The maximum Gasteiger partial charge on any atom is 0.326 e. The molecule has 14 heavy (non-hydrogen) atoms. The van der Waals surface area contributed by atoms with Crippen molar-refractivity contribution < 1.29 is 14.6 Å². The number of rotatable bonds is 4. The van der Waals surface area contributed by atoms with Crippen LogP contribution < -0.4 is 16.0 Å². The van der Waals surface area contributed by atoms with Gasteiger partial charge in [-0.15, -0.1) is 0 Å². The Morgan fingerprint density at radius 1 is 1.57 bits per heavy atom. The first kappa shape index (κ1) is 10.5. The summed E-state index contributed by atoms with van der Waals surface area (Å²) in [5, 5.41) is 8.85. The second-order valence-electron chi connectivity index (χ2n) is 2.68. The summed E-state index contributed by atoms with van der Waals surface area (Å²) in [5.41, 5.74) is 2.72. The highest BCUT2D eigenvalue weighted by molar-refractivity contribution is 5.76. The van der Waals surface area contributed by atoms with Crippen LogP contribution in [0.25, 0.3) is 0 Å². The van der Waals surface area contributed by atoms with Crippen LogP contribution in [0.4, 0.5) is 0 Å². The monoisotopic (exact) mass is 196 g/mol.